The lowest BCUT2D eigenvalue weighted by molar-refractivity contribution is -0.125. The van der Waals surface area contributed by atoms with Crippen LogP contribution < -0.4 is 0 Å². The summed E-state index contributed by atoms with van der Waals surface area (Å²) in [5.74, 6) is -0.0162. The van der Waals surface area contributed by atoms with E-state index in [-0.39, 0.29) is 5.91 Å². The predicted octanol–water partition coefficient (Wildman–Crippen LogP) is 4.22. The summed E-state index contributed by atoms with van der Waals surface area (Å²) < 4.78 is 1.93. The highest BCUT2D eigenvalue weighted by Crippen LogP contribution is 2.19. The number of hydrogen-bond acceptors (Lipinski definition) is 3. The molecule has 3 aromatic rings. The fourth-order valence-corrected chi connectivity index (χ4v) is 3.33. The SMILES string of the molecule is Cc1nn(-c2ccccc2)c(C)c1CN(C)C(=O)/C=C/c1ccsc1. The molecule has 0 N–H and O–H groups in total. The average Bonchev–Trinajstić information content (AvgIpc) is 3.24. The standard InChI is InChI=1S/C20H21N3OS/c1-15-19(16(2)23(21-15)18-7-5-4-6-8-18)13-22(3)20(24)10-9-17-11-12-25-14-17/h4-12,14H,13H2,1-3H3/b10-9+. The van der Waals surface area contributed by atoms with Crippen molar-refractivity contribution in [3.8, 4) is 5.69 Å². The van der Waals surface area contributed by atoms with Crippen LogP contribution in [-0.4, -0.2) is 27.6 Å². The Hall–Kier alpha value is -2.66. The van der Waals surface area contributed by atoms with Gasteiger partial charge in [0.05, 0.1) is 11.4 Å². The third-order valence-corrected chi connectivity index (χ3v) is 4.88. The van der Waals surface area contributed by atoms with Gasteiger partial charge in [-0.25, -0.2) is 4.68 Å². The van der Waals surface area contributed by atoms with Gasteiger partial charge in [-0.05, 0) is 54.4 Å². The summed E-state index contributed by atoms with van der Waals surface area (Å²) in [7, 11) is 1.82. The van der Waals surface area contributed by atoms with Gasteiger partial charge in [-0.2, -0.15) is 16.4 Å². The van der Waals surface area contributed by atoms with Crippen LogP contribution >= 0.6 is 11.3 Å². The van der Waals surface area contributed by atoms with Crippen molar-refractivity contribution in [3.63, 3.8) is 0 Å². The summed E-state index contributed by atoms with van der Waals surface area (Å²) in [5.41, 5.74) is 5.17. The van der Waals surface area contributed by atoms with E-state index in [0.29, 0.717) is 6.54 Å². The molecule has 0 aliphatic heterocycles. The molecule has 0 radical (unpaired) electrons. The molecule has 2 aromatic heterocycles. The summed E-state index contributed by atoms with van der Waals surface area (Å²) in [6.07, 6.45) is 3.47. The second kappa shape index (κ2) is 7.49. The quantitative estimate of drug-likeness (QED) is 0.646. The van der Waals surface area contributed by atoms with E-state index in [1.54, 1.807) is 22.3 Å². The molecule has 0 unspecified atom stereocenters. The molecule has 1 aromatic carbocycles. The number of carbonyl (C=O) groups is 1. The van der Waals surface area contributed by atoms with E-state index in [1.807, 2.05) is 78.8 Å². The summed E-state index contributed by atoms with van der Waals surface area (Å²) in [4.78, 5) is 14.1. The lowest BCUT2D eigenvalue weighted by Crippen LogP contribution is -2.24. The molecule has 1 amide bonds. The zero-order valence-corrected chi connectivity index (χ0v) is 15.5. The van der Waals surface area contributed by atoms with Gasteiger partial charge >= 0.3 is 0 Å². The van der Waals surface area contributed by atoms with Crippen LogP contribution in [-0.2, 0) is 11.3 Å². The first kappa shape index (κ1) is 17.2. The number of rotatable bonds is 5. The van der Waals surface area contributed by atoms with Crippen molar-refractivity contribution < 1.29 is 4.79 Å². The van der Waals surface area contributed by atoms with Crippen LogP contribution in [0.2, 0.25) is 0 Å². The number of para-hydroxylation sites is 1. The summed E-state index contributed by atoms with van der Waals surface area (Å²) in [5, 5.41) is 8.66. The molecule has 0 saturated heterocycles. The highest BCUT2D eigenvalue weighted by atomic mass is 32.1. The third-order valence-electron chi connectivity index (χ3n) is 4.17. The number of aromatic nitrogens is 2. The Bertz CT molecular complexity index is 879. The molecule has 0 saturated carbocycles. The molecule has 0 spiro atoms. The van der Waals surface area contributed by atoms with Gasteiger partial charge in [0, 0.05) is 30.9 Å². The van der Waals surface area contributed by atoms with Crippen LogP contribution in [0.1, 0.15) is 22.5 Å². The van der Waals surface area contributed by atoms with Crippen molar-refractivity contribution in [1.82, 2.24) is 14.7 Å². The Labute approximate surface area is 152 Å². The summed E-state index contributed by atoms with van der Waals surface area (Å²) >= 11 is 1.62. The molecule has 0 atom stereocenters. The number of thiophene rings is 1. The molecule has 3 rings (SSSR count). The maximum absolute atomic E-state index is 12.4. The van der Waals surface area contributed by atoms with Crippen LogP contribution in [0.25, 0.3) is 11.8 Å². The van der Waals surface area contributed by atoms with E-state index in [2.05, 4.69) is 5.10 Å². The molecule has 0 aliphatic carbocycles. The van der Waals surface area contributed by atoms with Crippen LogP contribution in [0.4, 0.5) is 0 Å². The molecule has 5 heteroatoms. The first-order valence-corrected chi connectivity index (χ1v) is 9.06. The molecule has 0 aliphatic rings. The van der Waals surface area contributed by atoms with Crippen LogP contribution in [0.5, 0.6) is 0 Å². The smallest absolute Gasteiger partial charge is 0.246 e. The molecule has 2 heterocycles. The second-order valence-corrected chi connectivity index (χ2v) is 6.76. The molecule has 25 heavy (non-hydrogen) atoms. The Balaban J connectivity index is 1.76. The normalized spacial score (nSPS) is 11.2. The molecular formula is C20H21N3OS. The van der Waals surface area contributed by atoms with Gasteiger partial charge in [0.2, 0.25) is 5.91 Å². The highest BCUT2D eigenvalue weighted by molar-refractivity contribution is 7.08. The molecular weight excluding hydrogens is 330 g/mol. The Morgan fingerprint density at radius 3 is 2.68 bits per heavy atom. The first-order valence-electron chi connectivity index (χ1n) is 8.12. The first-order chi connectivity index (χ1) is 12.1. The number of benzene rings is 1. The topological polar surface area (TPSA) is 38.1 Å². The minimum atomic E-state index is -0.0162. The monoisotopic (exact) mass is 351 g/mol. The van der Waals surface area contributed by atoms with E-state index in [4.69, 9.17) is 0 Å². The van der Waals surface area contributed by atoms with E-state index in [1.165, 1.54) is 0 Å². The van der Waals surface area contributed by atoms with Crippen molar-refractivity contribution in [2.45, 2.75) is 20.4 Å². The predicted molar refractivity (Wildman–Crippen MR) is 103 cm³/mol. The van der Waals surface area contributed by atoms with Crippen LogP contribution in [0.15, 0.2) is 53.2 Å². The second-order valence-electron chi connectivity index (χ2n) is 5.98. The largest absolute Gasteiger partial charge is 0.338 e. The molecule has 4 nitrogen and oxygen atoms in total. The number of carbonyl (C=O) groups excluding carboxylic acids is 1. The molecule has 0 bridgehead atoms. The Morgan fingerprint density at radius 2 is 2.00 bits per heavy atom. The van der Waals surface area contributed by atoms with Gasteiger partial charge in [-0.3, -0.25) is 4.79 Å². The third kappa shape index (κ3) is 3.88. The maximum atomic E-state index is 12.4. The van der Waals surface area contributed by atoms with Crippen molar-refractivity contribution in [2.24, 2.45) is 0 Å². The fraction of sp³-hybridized carbons (Fsp3) is 0.200. The lowest BCUT2D eigenvalue weighted by Gasteiger charge is -2.15. The zero-order chi connectivity index (χ0) is 17.8. The lowest BCUT2D eigenvalue weighted by atomic mass is 10.2. The van der Waals surface area contributed by atoms with Gasteiger partial charge in [0.25, 0.3) is 0 Å². The zero-order valence-electron chi connectivity index (χ0n) is 14.6. The van der Waals surface area contributed by atoms with E-state index < -0.39 is 0 Å². The van der Waals surface area contributed by atoms with E-state index in [0.717, 1.165) is 28.2 Å². The fourth-order valence-electron chi connectivity index (χ4n) is 2.70. The number of aryl methyl sites for hydroxylation is 1. The van der Waals surface area contributed by atoms with Crippen LogP contribution in [0, 0.1) is 13.8 Å². The van der Waals surface area contributed by atoms with Crippen LogP contribution in [0.3, 0.4) is 0 Å². The van der Waals surface area contributed by atoms with Gasteiger partial charge < -0.3 is 4.90 Å². The molecule has 0 fully saturated rings. The van der Waals surface area contributed by atoms with E-state index in [9.17, 15) is 4.79 Å². The van der Waals surface area contributed by atoms with Gasteiger partial charge in [0.1, 0.15) is 0 Å². The highest BCUT2D eigenvalue weighted by Gasteiger charge is 2.16. The number of amides is 1. The van der Waals surface area contributed by atoms with Crippen molar-refractivity contribution >= 4 is 23.3 Å². The summed E-state index contributed by atoms with van der Waals surface area (Å²) in [6.45, 7) is 4.57. The molecule has 128 valence electrons. The minimum absolute atomic E-state index is 0.0162. The summed E-state index contributed by atoms with van der Waals surface area (Å²) in [6, 6.07) is 12.0. The van der Waals surface area contributed by atoms with Gasteiger partial charge in [-0.1, -0.05) is 18.2 Å². The number of likely N-dealkylation sites (N-methyl/N-ethyl adjacent to an activating group) is 1. The number of nitrogens with zero attached hydrogens (tertiary/aromatic N) is 3. The Morgan fingerprint density at radius 1 is 1.24 bits per heavy atom. The van der Waals surface area contributed by atoms with Gasteiger partial charge in [-0.15, -0.1) is 0 Å². The van der Waals surface area contributed by atoms with E-state index >= 15 is 0 Å². The minimum Gasteiger partial charge on any atom is -0.338 e. The van der Waals surface area contributed by atoms with Gasteiger partial charge in [0.15, 0.2) is 0 Å². The van der Waals surface area contributed by atoms with Crippen molar-refractivity contribution in [3.05, 3.63) is 75.7 Å². The maximum Gasteiger partial charge on any atom is 0.246 e. The van der Waals surface area contributed by atoms with Crippen molar-refractivity contribution in [2.75, 3.05) is 7.05 Å². The average molecular weight is 351 g/mol. The number of hydrogen-bond donors (Lipinski definition) is 0. The van der Waals surface area contributed by atoms with Crippen molar-refractivity contribution in [1.29, 1.82) is 0 Å². The Kier molecular flexibility index (Phi) is 5.14.